The van der Waals surface area contributed by atoms with Gasteiger partial charge in [0.25, 0.3) is 5.15 Å². The van der Waals surface area contributed by atoms with Crippen molar-refractivity contribution in [3.05, 3.63) is 49.4 Å². The van der Waals surface area contributed by atoms with Gasteiger partial charge in [-0.15, -0.1) is 5.10 Å². The number of nitro benzene ring substituents is 1. The lowest BCUT2D eigenvalue weighted by molar-refractivity contribution is -0.609. The molecule has 3 rings (SSSR count). The van der Waals surface area contributed by atoms with Crippen LogP contribution in [0.5, 0.6) is 11.5 Å². The van der Waals surface area contributed by atoms with E-state index in [4.69, 9.17) is 11.6 Å². The zero-order valence-electron chi connectivity index (χ0n) is 14.3. The highest BCUT2D eigenvalue weighted by Crippen LogP contribution is 2.44. The van der Waals surface area contributed by atoms with Crippen LogP contribution in [0.3, 0.4) is 0 Å². The van der Waals surface area contributed by atoms with Crippen LogP contribution in [-0.4, -0.2) is 24.7 Å². The van der Waals surface area contributed by atoms with Crippen LogP contribution in [0.1, 0.15) is 16.8 Å². The Labute approximate surface area is 162 Å². The molecule has 0 fully saturated rings. The van der Waals surface area contributed by atoms with Crippen molar-refractivity contribution >= 4 is 28.8 Å². The molecule has 0 saturated heterocycles. The molecule has 140 valence electrons. The minimum absolute atomic E-state index is 0.0691. The smallest absolute Gasteiger partial charge is 0.315 e. The highest BCUT2D eigenvalue weighted by atomic mass is 35.5. The summed E-state index contributed by atoms with van der Waals surface area (Å²) in [7, 11) is 0. The summed E-state index contributed by atoms with van der Waals surface area (Å²) < 4.78 is 4.47. The molecule has 9 nitrogen and oxygen atoms in total. The number of nitrogens with zero attached hydrogens (tertiary/aromatic N) is 4. The molecular weight excluding hydrogens is 396 g/mol. The minimum atomic E-state index is -0.841. The summed E-state index contributed by atoms with van der Waals surface area (Å²) in [6, 6.07) is 2.21. The largest absolute Gasteiger partial charge is 0.617 e. The van der Waals surface area contributed by atoms with E-state index < -0.39 is 22.1 Å². The lowest BCUT2D eigenvalue weighted by atomic mass is 10.00. The summed E-state index contributed by atoms with van der Waals surface area (Å²) >= 11 is 7.23. The molecule has 0 unspecified atom stereocenters. The quantitative estimate of drug-likeness (QED) is 0.169. The Bertz CT molecular complexity index is 1070. The first-order chi connectivity index (χ1) is 12.6. The molecule has 2 N–H and O–H groups in total. The maximum absolute atomic E-state index is 12.3. The van der Waals surface area contributed by atoms with E-state index in [1.807, 2.05) is 0 Å². The number of benzene rings is 1. The van der Waals surface area contributed by atoms with E-state index >= 15 is 0 Å². The van der Waals surface area contributed by atoms with Gasteiger partial charge in [-0.2, -0.15) is 4.73 Å². The molecular formula is C16H13ClN4O5S. The van der Waals surface area contributed by atoms with Crippen LogP contribution >= 0.6 is 23.1 Å². The van der Waals surface area contributed by atoms with Gasteiger partial charge < -0.3 is 15.4 Å². The third-order valence-corrected chi connectivity index (χ3v) is 5.51. The van der Waals surface area contributed by atoms with Crippen molar-refractivity contribution in [1.29, 1.82) is 0 Å². The normalized spacial score (nSPS) is 11.0. The van der Waals surface area contributed by atoms with Gasteiger partial charge in [0, 0.05) is 24.1 Å². The second-order valence-corrected chi connectivity index (χ2v) is 6.98. The van der Waals surface area contributed by atoms with Crippen LogP contribution in [0.15, 0.2) is 12.1 Å². The Kier molecular flexibility index (Phi) is 4.62. The van der Waals surface area contributed by atoms with E-state index in [-0.39, 0.29) is 16.4 Å². The minimum Gasteiger partial charge on any atom is -0.617 e. The van der Waals surface area contributed by atoms with Crippen molar-refractivity contribution in [2.24, 2.45) is 0 Å². The number of aromatic hydroxyl groups is 2. The van der Waals surface area contributed by atoms with Gasteiger partial charge in [-0.25, -0.2) is 0 Å². The summed E-state index contributed by atoms with van der Waals surface area (Å²) in [6.07, 6.45) is 0. The molecule has 0 aliphatic carbocycles. The zero-order chi connectivity index (χ0) is 20.0. The summed E-state index contributed by atoms with van der Waals surface area (Å²) in [4.78, 5) is 10.7. The first-order valence-electron chi connectivity index (χ1n) is 7.57. The molecule has 1 aromatic carbocycles. The van der Waals surface area contributed by atoms with Gasteiger partial charge in [0.1, 0.15) is 5.69 Å². The van der Waals surface area contributed by atoms with Gasteiger partial charge in [-0.3, -0.25) is 10.1 Å². The molecule has 0 atom stereocenters. The number of nitro groups is 1. The monoisotopic (exact) mass is 408 g/mol. The van der Waals surface area contributed by atoms with Crippen LogP contribution in [0.2, 0.25) is 5.15 Å². The molecule has 27 heavy (non-hydrogen) atoms. The van der Waals surface area contributed by atoms with Crippen LogP contribution in [0.25, 0.3) is 21.7 Å². The van der Waals surface area contributed by atoms with Crippen molar-refractivity contribution < 1.29 is 19.9 Å². The average Bonchev–Trinajstić information content (AvgIpc) is 3.09. The molecule has 11 heteroatoms. The SMILES string of the molecule is Cc1c(C)c(C)[n+]([O-])c(Cl)c1-c1snnc1-c1cc(O)c(O)c([N+](=O)[O-])c1. The Morgan fingerprint density at radius 3 is 2.52 bits per heavy atom. The van der Waals surface area contributed by atoms with E-state index in [0.717, 1.165) is 34.8 Å². The highest BCUT2D eigenvalue weighted by molar-refractivity contribution is 7.10. The van der Waals surface area contributed by atoms with E-state index in [1.54, 1.807) is 20.8 Å². The van der Waals surface area contributed by atoms with Crippen molar-refractivity contribution in [2.75, 3.05) is 0 Å². The first-order valence-corrected chi connectivity index (χ1v) is 8.72. The first kappa shape index (κ1) is 18.8. The predicted molar refractivity (Wildman–Crippen MR) is 98.9 cm³/mol. The second-order valence-electron chi connectivity index (χ2n) is 5.87. The molecule has 0 bridgehead atoms. The maximum atomic E-state index is 12.3. The maximum Gasteiger partial charge on any atom is 0.315 e. The summed E-state index contributed by atoms with van der Waals surface area (Å²) in [5, 5.41) is 46.9. The lowest BCUT2D eigenvalue weighted by Crippen LogP contribution is -2.33. The number of hydrogen-bond donors (Lipinski definition) is 2. The fraction of sp³-hybridized carbons (Fsp3) is 0.188. The molecule has 0 saturated carbocycles. The Hall–Kier alpha value is -2.98. The van der Waals surface area contributed by atoms with Crippen molar-refractivity contribution in [2.45, 2.75) is 20.8 Å². The fourth-order valence-electron chi connectivity index (χ4n) is 2.70. The standard InChI is InChI=1S/C16H13ClN4O5S/c1-6-7(2)12(16(17)20(24)8(6)3)15-13(18-19-27-15)9-4-10(21(25)26)14(23)11(22)5-9/h4-5,22-23H,1-3H3. The summed E-state index contributed by atoms with van der Waals surface area (Å²) in [5.41, 5.74) is 2.04. The van der Waals surface area contributed by atoms with Gasteiger partial charge in [-0.05, 0) is 48.6 Å². The fourth-order valence-corrected chi connectivity index (χ4v) is 3.91. The second kappa shape index (κ2) is 6.63. The van der Waals surface area contributed by atoms with E-state index in [2.05, 4.69) is 9.59 Å². The van der Waals surface area contributed by atoms with E-state index in [9.17, 15) is 25.5 Å². The van der Waals surface area contributed by atoms with Gasteiger partial charge in [0.2, 0.25) is 5.75 Å². The number of pyridine rings is 1. The Morgan fingerprint density at radius 2 is 1.89 bits per heavy atom. The number of halogens is 1. The van der Waals surface area contributed by atoms with E-state index in [1.165, 1.54) is 0 Å². The van der Waals surface area contributed by atoms with Crippen LogP contribution in [0, 0.1) is 36.1 Å². The summed E-state index contributed by atoms with van der Waals surface area (Å²) in [5.74, 6) is -1.51. The predicted octanol–water partition coefficient (Wildman–Crippen LogP) is 3.40. The number of phenolic OH excluding ortho intramolecular Hbond substituents is 2. The topological polar surface area (TPSA) is 136 Å². The zero-order valence-corrected chi connectivity index (χ0v) is 15.9. The van der Waals surface area contributed by atoms with Gasteiger partial charge in [-0.1, -0.05) is 4.49 Å². The van der Waals surface area contributed by atoms with Crippen LogP contribution < -0.4 is 4.73 Å². The molecule has 2 heterocycles. The Balaban J connectivity index is 2.31. The number of aromatic nitrogens is 3. The third kappa shape index (κ3) is 2.92. The average molecular weight is 409 g/mol. The number of rotatable bonds is 3. The molecule has 0 spiro atoms. The lowest BCUT2D eigenvalue weighted by Gasteiger charge is -2.13. The molecule has 0 aliphatic rings. The molecule has 0 radical (unpaired) electrons. The third-order valence-electron chi connectivity index (χ3n) is 4.42. The molecule has 2 aromatic heterocycles. The van der Waals surface area contributed by atoms with Crippen molar-refractivity contribution in [3.63, 3.8) is 0 Å². The van der Waals surface area contributed by atoms with Gasteiger partial charge >= 0.3 is 5.69 Å². The van der Waals surface area contributed by atoms with E-state index in [0.29, 0.717) is 20.9 Å². The summed E-state index contributed by atoms with van der Waals surface area (Å²) in [6.45, 7) is 5.23. The van der Waals surface area contributed by atoms with Gasteiger partial charge in [0.05, 0.1) is 15.4 Å². The van der Waals surface area contributed by atoms with Crippen LogP contribution in [0.4, 0.5) is 5.69 Å². The number of hydrogen-bond acceptors (Lipinski definition) is 8. The van der Waals surface area contributed by atoms with Gasteiger partial charge in [0.15, 0.2) is 11.4 Å². The molecule has 0 amide bonds. The number of phenols is 2. The van der Waals surface area contributed by atoms with Crippen LogP contribution in [-0.2, 0) is 0 Å². The van der Waals surface area contributed by atoms with Crippen molar-refractivity contribution in [1.82, 2.24) is 9.59 Å². The Morgan fingerprint density at radius 1 is 1.22 bits per heavy atom. The highest BCUT2D eigenvalue weighted by Gasteiger charge is 2.28. The van der Waals surface area contributed by atoms with Crippen molar-refractivity contribution in [3.8, 4) is 33.2 Å². The molecule has 3 aromatic rings. The molecule has 0 aliphatic heterocycles.